The number of halogens is 1. The van der Waals surface area contributed by atoms with E-state index in [0.29, 0.717) is 31.3 Å². The Labute approximate surface area is 212 Å². The lowest BCUT2D eigenvalue weighted by Gasteiger charge is -2.24. The van der Waals surface area contributed by atoms with E-state index in [-0.39, 0.29) is 16.1 Å². The molecule has 5 rings (SSSR count). The zero-order valence-electron chi connectivity index (χ0n) is 18.1. The van der Waals surface area contributed by atoms with E-state index in [1.165, 1.54) is 37.4 Å². The van der Waals surface area contributed by atoms with Crippen molar-refractivity contribution in [2.45, 2.75) is 4.90 Å². The fourth-order valence-corrected chi connectivity index (χ4v) is 6.17. The Morgan fingerprint density at radius 2 is 1.63 bits per heavy atom. The molecule has 1 heterocycles. The third kappa shape index (κ3) is 4.13. The molecule has 0 atom stereocenters. The number of methoxy groups -OCH3 is 1. The SMILES string of the molecule is COc1ccc(C(=O)N(c2cc3sc(=O)oc3c3ccccc23)S(=O)(=O)c2ccc(Br)cc2)cc1. The van der Waals surface area contributed by atoms with Gasteiger partial charge in [-0.2, -0.15) is 4.31 Å². The summed E-state index contributed by atoms with van der Waals surface area (Å²) in [6.45, 7) is 0. The van der Waals surface area contributed by atoms with Gasteiger partial charge in [0.2, 0.25) is 0 Å². The van der Waals surface area contributed by atoms with Gasteiger partial charge in [0.25, 0.3) is 15.9 Å². The smallest absolute Gasteiger partial charge is 0.396 e. The van der Waals surface area contributed by atoms with E-state index in [2.05, 4.69) is 15.9 Å². The number of anilines is 1. The van der Waals surface area contributed by atoms with E-state index >= 15 is 0 Å². The van der Waals surface area contributed by atoms with Gasteiger partial charge in [0.1, 0.15) is 5.75 Å². The molecule has 0 N–H and O–H groups in total. The molecule has 176 valence electrons. The van der Waals surface area contributed by atoms with Crippen molar-refractivity contribution in [1.29, 1.82) is 0 Å². The highest BCUT2D eigenvalue weighted by Crippen LogP contribution is 2.38. The molecule has 10 heteroatoms. The standard InChI is InChI=1S/C25H16BrNO6S2/c1-32-17-10-6-15(7-11-17)24(28)27(35(30,31)18-12-8-16(26)9-13-18)21-14-22-23(33-25(29)34-22)20-5-3-2-4-19(20)21/h2-14H,1H3. The molecule has 35 heavy (non-hydrogen) atoms. The largest absolute Gasteiger partial charge is 0.497 e. The molecule has 0 spiro atoms. The summed E-state index contributed by atoms with van der Waals surface area (Å²) in [6.07, 6.45) is 0. The Morgan fingerprint density at radius 3 is 2.29 bits per heavy atom. The maximum atomic E-state index is 14.0. The normalized spacial score (nSPS) is 11.6. The minimum Gasteiger partial charge on any atom is -0.497 e. The summed E-state index contributed by atoms with van der Waals surface area (Å²) in [7, 11) is -2.86. The third-order valence-corrected chi connectivity index (χ3v) is 8.42. The molecule has 1 aromatic heterocycles. The van der Waals surface area contributed by atoms with Crippen LogP contribution in [0.4, 0.5) is 5.69 Å². The fourth-order valence-electron chi connectivity index (χ4n) is 3.76. The first kappa shape index (κ1) is 23.3. The molecule has 0 aliphatic rings. The summed E-state index contributed by atoms with van der Waals surface area (Å²) in [5.74, 6) is -0.227. The van der Waals surface area contributed by atoms with Crippen LogP contribution in [-0.4, -0.2) is 21.4 Å². The maximum absolute atomic E-state index is 14.0. The van der Waals surface area contributed by atoms with Gasteiger partial charge >= 0.3 is 4.94 Å². The van der Waals surface area contributed by atoms with Gasteiger partial charge in [-0.3, -0.25) is 4.79 Å². The molecular weight excluding hydrogens is 554 g/mol. The van der Waals surface area contributed by atoms with Crippen molar-refractivity contribution < 1.29 is 22.4 Å². The molecular formula is C25H16BrNO6S2. The second kappa shape index (κ2) is 8.95. The van der Waals surface area contributed by atoms with Gasteiger partial charge in [-0.05, 0) is 54.6 Å². The number of sulfonamides is 1. The van der Waals surface area contributed by atoms with Crippen molar-refractivity contribution >= 4 is 69.9 Å². The van der Waals surface area contributed by atoms with E-state index in [9.17, 15) is 18.0 Å². The van der Waals surface area contributed by atoms with Gasteiger partial charge in [-0.15, -0.1) is 0 Å². The Morgan fingerprint density at radius 1 is 0.971 bits per heavy atom. The first-order valence-electron chi connectivity index (χ1n) is 10.2. The summed E-state index contributed by atoms with van der Waals surface area (Å²) in [5, 5.41) is 0.973. The number of carbonyl (C=O) groups excluding carboxylic acids is 1. The van der Waals surface area contributed by atoms with Crippen LogP contribution in [0.15, 0.2) is 97.4 Å². The van der Waals surface area contributed by atoms with Gasteiger partial charge in [-0.1, -0.05) is 51.5 Å². The molecule has 0 unspecified atom stereocenters. The number of rotatable bonds is 5. The fraction of sp³-hybridized carbons (Fsp3) is 0.0400. The Kier molecular flexibility index (Phi) is 5.96. The molecule has 7 nitrogen and oxygen atoms in total. The number of nitrogens with zero attached hydrogens (tertiary/aromatic N) is 1. The highest BCUT2D eigenvalue weighted by molar-refractivity contribution is 9.10. The van der Waals surface area contributed by atoms with Crippen LogP contribution in [0.5, 0.6) is 5.75 Å². The van der Waals surface area contributed by atoms with Gasteiger partial charge in [-0.25, -0.2) is 13.2 Å². The lowest BCUT2D eigenvalue weighted by molar-refractivity contribution is 0.101. The summed E-state index contributed by atoms with van der Waals surface area (Å²) in [4.78, 5) is 25.3. The Hall–Kier alpha value is -3.47. The van der Waals surface area contributed by atoms with Crippen LogP contribution in [-0.2, 0) is 10.0 Å². The van der Waals surface area contributed by atoms with Crippen LogP contribution in [0.3, 0.4) is 0 Å². The average Bonchev–Trinajstić information content (AvgIpc) is 3.24. The zero-order chi connectivity index (χ0) is 24.7. The number of carbonyl (C=O) groups is 1. The average molecular weight is 570 g/mol. The van der Waals surface area contributed by atoms with Crippen LogP contribution in [0.25, 0.3) is 21.1 Å². The zero-order valence-corrected chi connectivity index (χ0v) is 21.3. The van der Waals surface area contributed by atoms with Crippen molar-refractivity contribution in [2.75, 3.05) is 11.4 Å². The van der Waals surface area contributed by atoms with E-state index < -0.39 is 20.9 Å². The second-order valence-corrected chi connectivity index (χ2v) is 11.2. The van der Waals surface area contributed by atoms with Crippen molar-refractivity contribution in [2.24, 2.45) is 0 Å². The Bertz CT molecular complexity index is 1740. The van der Waals surface area contributed by atoms with E-state index in [1.807, 2.05) is 0 Å². The van der Waals surface area contributed by atoms with E-state index in [0.717, 1.165) is 15.6 Å². The molecule has 0 saturated heterocycles. The first-order valence-corrected chi connectivity index (χ1v) is 13.3. The van der Waals surface area contributed by atoms with Crippen LogP contribution in [0.2, 0.25) is 0 Å². The number of hydrogen-bond donors (Lipinski definition) is 0. The molecule has 0 bridgehead atoms. The minimum absolute atomic E-state index is 0.0629. The second-order valence-electron chi connectivity index (χ2n) is 7.48. The third-order valence-electron chi connectivity index (χ3n) is 5.41. The molecule has 0 radical (unpaired) electrons. The quantitative estimate of drug-likeness (QED) is 0.265. The predicted octanol–water partition coefficient (Wildman–Crippen LogP) is 5.81. The molecule has 0 fully saturated rings. The number of fused-ring (bicyclic) bond motifs is 3. The predicted molar refractivity (Wildman–Crippen MR) is 139 cm³/mol. The summed E-state index contributed by atoms with van der Waals surface area (Å²) in [5.41, 5.74) is 0.613. The molecule has 0 aliphatic carbocycles. The lowest BCUT2D eigenvalue weighted by atomic mass is 10.1. The molecule has 0 aliphatic heterocycles. The summed E-state index contributed by atoms with van der Waals surface area (Å²) < 4.78 is 40.3. The lowest BCUT2D eigenvalue weighted by Crippen LogP contribution is -2.37. The van der Waals surface area contributed by atoms with Crippen LogP contribution >= 0.6 is 27.3 Å². The van der Waals surface area contributed by atoms with Gasteiger partial charge < -0.3 is 9.15 Å². The van der Waals surface area contributed by atoms with Crippen LogP contribution < -0.4 is 14.0 Å². The first-order chi connectivity index (χ1) is 16.8. The molecule has 0 saturated carbocycles. The molecule has 1 amide bonds. The molecule has 5 aromatic rings. The number of ether oxygens (including phenoxy) is 1. The van der Waals surface area contributed by atoms with E-state index in [1.54, 1.807) is 48.5 Å². The van der Waals surface area contributed by atoms with Gasteiger partial charge in [0, 0.05) is 20.8 Å². The van der Waals surface area contributed by atoms with Crippen molar-refractivity contribution in [1.82, 2.24) is 0 Å². The maximum Gasteiger partial charge on any atom is 0.396 e. The highest BCUT2D eigenvalue weighted by Gasteiger charge is 2.34. The highest BCUT2D eigenvalue weighted by atomic mass is 79.9. The number of benzene rings is 4. The number of amides is 1. The Balaban J connectivity index is 1.81. The van der Waals surface area contributed by atoms with Crippen LogP contribution in [0.1, 0.15) is 10.4 Å². The van der Waals surface area contributed by atoms with Gasteiger partial charge in [0.05, 0.1) is 22.4 Å². The minimum atomic E-state index is -4.36. The van der Waals surface area contributed by atoms with Gasteiger partial charge in [0.15, 0.2) is 5.58 Å². The van der Waals surface area contributed by atoms with E-state index in [4.69, 9.17) is 9.15 Å². The topological polar surface area (TPSA) is 93.9 Å². The van der Waals surface area contributed by atoms with Crippen molar-refractivity contribution in [3.63, 3.8) is 0 Å². The summed E-state index contributed by atoms with van der Waals surface area (Å²) in [6, 6.07) is 20.6. The monoisotopic (exact) mass is 569 g/mol. The van der Waals surface area contributed by atoms with Crippen molar-refractivity contribution in [3.05, 3.63) is 98.6 Å². The number of hydrogen-bond acceptors (Lipinski definition) is 7. The van der Waals surface area contributed by atoms with Crippen LogP contribution in [0, 0.1) is 0 Å². The van der Waals surface area contributed by atoms with Crippen molar-refractivity contribution in [3.8, 4) is 5.75 Å². The molecule has 4 aromatic carbocycles. The summed E-state index contributed by atoms with van der Waals surface area (Å²) >= 11 is 4.15.